The zero-order chi connectivity index (χ0) is 18.9. The van der Waals surface area contributed by atoms with Gasteiger partial charge in [0.15, 0.2) is 0 Å². The predicted octanol–water partition coefficient (Wildman–Crippen LogP) is 2.98. The maximum atomic E-state index is 12.2. The molecule has 6 heteroatoms. The Bertz CT molecular complexity index is 710. The third-order valence-corrected chi connectivity index (χ3v) is 4.05. The minimum Gasteiger partial charge on any atom is -0.380 e. The maximum absolute atomic E-state index is 12.2. The van der Waals surface area contributed by atoms with E-state index in [-0.39, 0.29) is 12.5 Å². The Labute approximate surface area is 155 Å². The van der Waals surface area contributed by atoms with Gasteiger partial charge in [-0.05, 0) is 23.5 Å². The van der Waals surface area contributed by atoms with E-state index < -0.39 is 0 Å². The first-order valence-corrected chi connectivity index (χ1v) is 9.15. The summed E-state index contributed by atoms with van der Waals surface area (Å²) < 4.78 is 7.16. The summed E-state index contributed by atoms with van der Waals surface area (Å²) in [6.07, 6.45) is 2.69. The van der Waals surface area contributed by atoms with Crippen LogP contribution in [-0.4, -0.2) is 29.3 Å². The van der Waals surface area contributed by atoms with Crippen LogP contribution < -0.4 is 10.6 Å². The summed E-state index contributed by atoms with van der Waals surface area (Å²) >= 11 is 0. The Morgan fingerprint density at radius 1 is 1.31 bits per heavy atom. The third-order valence-electron chi connectivity index (χ3n) is 4.05. The van der Waals surface area contributed by atoms with Crippen molar-refractivity contribution in [1.29, 1.82) is 0 Å². The number of carbonyl (C=O) groups excluding carboxylic acids is 1. The number of rotatable bonds is 10. The van der Waals surface area contributed by atoms with E-state index in [2.05, 4.69) is 36.5 Å². The second-order valence-corrected chi connectivity index (χ2v) is 6.82. The van der Waals surface area contributed by atoms with Crippen LogP contribution in [0.15, 0.2) is 30.5 Å². The number of nitrogens with zero attached hydrogens (tertiary/aromatic N) is 2. The molecular weight excluding hydrogens is 328 g/mol. The first-order chi connectivity index (χ1) is 12.5. The molecule has 26 heavy (non-hydrogen) atoms. The van der Waals surface area contributed by atoms with Gasteiger partial charge in [-0.25, -0.2) is 0 Å². The van der Waals surface area contributed by atoms with E-state index in [0.717, 1.165) is 35.5 Å². The van der Waals surface area contributed by atoms with E-state index >= 15 is 0 Å². The van der Waals surface area contributed by atoms with Crippen LogP contribution in [-0.2, 0) is 35.6 Å². The number of amides is 1. The molecule has 0 saturated heterocycles. The van der Waals surface area contributed by atoms with Crippen LogP contribution in [0.1, 0.15) is 37.6 Å². The molecule has 1 amide bonds. The highest BCUT2D eigenvalue weighted by molar-refractivity contribution is 5.80. The lowest BCUT2D eigenvalue weighted by Crippen LogP contribution is -2.29. The van der Waals surface area contributed by atoms with Gasteiger partial charge in [0.05, 0.1) is 30.7 Å². The molecule has 1 heterocycles. The molecule has 0 bridgehead atoms. The normalized spacial score (nSPS) is 11.0. The minimum atomic E-state index is -0.0409. The smallest absolute Gasteiger partial charge is 0.239 e. The largest absolute Gasteiger partial charge is 0.380 e. The van der Waals surface area contributed by atoms with Gasteiger partial charge in [-0.3, -0.25) is 9.48 Å². The highest BCUT2D eigenvalue weighted by Gasteiger charge is 2.11. The molecule has 0 radical (unpaired) electrons. The monoisotopic (exact) mass is 358 g/mol. The van der Waals surface area contributed by atoms with Gasteiger partial charge in [0, 0.05) is 20.2 Å². The van der Waals surface area contributed by atoms with Crippen molar-refractivity contribution >= 4 is 11.6 Å². The number of methoxy groups -OCH3 is 1. The van der Waals surface area contributed by atoms with Crippen molar-refractivity contribution in [3.05, 3.63) is 47.3 Å². The summed E-state index contributed by atoms with van der Waals surface area (Å²) in [4.78, 5) is 12.2. The molecule has 0 aliphatic carbocycles. The van der Waals surface area contributed by atoms with E-state index in [0.29, 0.717) is 19.1 Å². The van der Waals surface area contributed by atoms with E-state index in [4.69, 9.17) is 4.74 Å². The van der Waals surface area contributed by atoms with Crippen LogP contribution in [0.3, 0.4) is 0 Å². The van der Waals surface area contributed by atoms with Gasteiger partial charge < -0.3 is 15.4 Å². The van der Waals surface area contributed by atoms with Gasteiger partial charge >= 0.3 is 0 Å². The fraction of sp³-hybridized carbons (Fsp3) is 0.500. The van der Waals surface area contributed by atoms with Crippen LogP contribution in [0.4, 0.5) is 5.69 Å². The second kappa shape index (κ2) is 9.97. The zero-order valence-electron chi connectivity index (χ0n) is 16.2. The quantitative estimate of drug-likeness (QED) is 0.685. The molecule has 1 aromatic carbocycles. The maximum Gasteiger partial charge on any atom is 0.239 e. The molecule has 0 spiro atoms. The molecule has 0 fully saturated rings. The summed E-state index contributed by atoms with van der Waals surface area (Å²) in [5.41, 5.74) is 4.23. The van der Waals surface area contributed by atoms with Crippen molar-refractivity contribution in [2.24, 2.45) is 5.92 Å². The Balaban J connectivity index is 1.85. The summed E-state index contributed by atoms with van der Waals surface area (Å²) in [5, 5.41) is 10.6. The molecule has 0 unspecified atom stereocenters. The lowest BCUT2D eigenvalue weighted by molar-refractivity contribution is -0.119. The number of nitrogens with one attached hydrogen (secondary N) is 2. The van der Waals surface area contributed by atoms with Crippen molar-refractivity contribution in [3.63, 3.8) is 0 Å². The Morgan fingerprint density at radius 3 is 2.77 bits per heavy atom. The van der Waals surface area contributed by atoms with Gasteiger partial charge in [-0.15, -0.1) is 0 Å². The molecule has 1 aromatic heterocycles. The van der Waals surface area contributed by atoms with Crippen LogP contribution in [0.25, 0.3) is 0 Å². The number of benzene rings is 1. The fourth-order valence-corrected chi connectivity index (χ4v) is 2.87. The lowest BCUT2D eigenvalue weighted by atomic mass is 10.1. The van der Waals surface area contributed by atoms with Crippen LogP contribution >= 0.6 is 0 Å². The van der Waals surface area contributed by atoms with Crippen LogP contribution in [0.5, 0.6) is 0 Å². The van der Waals surface area contributed by atoms with E-state index in [1.54, 1.807) is 7.11 Å². The molecule has 0 atom stereocenters. The summed E-state index contributed by atoms with van der Waals surface area (Å²) in [6, 6.07) is 8.03. The average molecular weight is 358 g/mol. The highest BCUT2D eigenvalue weighted by atomic mass is 16.5. The molecular formula is C20H30N4O2. The number of hydrogen-bond acceptors (Lipinski definition) is 4. The third kappa shape index (κ3) is 5.88. The van der Waals surface area contributed by atoms with E-state index in [9.17, 15) is 4.79 Å². The van der Waals surface area contributed by atoms with Gasteiger partial charge in [0.2, 0.25) is 5.91 Å². The molecule has 0 aliphatic rings. The first-order valence-electron chi connectivity index (χ1n) is 9.15. The minimum absolute atomic E-state index is 0.0409. The highest BCUT2D eigenvalue weighted by Crippen LogP contribution is 2.16. The number of hydrogen-bond donors (Lipinski definition) is 2. The standard InChI is InChI=1S/C20H30N4O2/c1-5-19-18(11-23-24(19)13-15(2)3)21-12-20(25)22-10-16-7-6-8-17(9-16)14-26-4/h6-9,11,15,21H,5,10,12-14H2,1-4H3,(H,22,25). The molecule has 2 rings (SSSR count). The van der Waals surface area contributed by atoms with Gasteiger partial charge in [-0.1, -0.05) is 45.0 Å². The van der Waals surface area contributed by atoms with E-state index in [1.165, 1.54) is 0 Å². The van der Waals surface area contributed by atoms with Crippen LogP contribution in [0.2, 0.25) is 0 Å². The summed E-state index contributed by atoms with van der Waals surface area (Å²) in [7, 11) is 1.67. The molecule has 2 aromatic rings. The molecule has 0 saturated carbocycles. The fourth-order valence-electron chi connectivity index (χ4n) is 2.87. The van der Waals surface area contributed by atoms with E-state index in [1.807, 2.05) is 35.1 Å². The van der Waals surface area contributed by atoms with Crippen molar-refractivity contribution in [2.75, 3.05) is 19.0 Å². The Kier molecular flexibility index (Phi) is 7.66. The molecule has 2 N–H and O–H groups in total. The first kappa shape index (κ1) is 20.0. The van der Waals surface area contributed by atoms with Gasteiger partial charge in [0.1, 0.15) is 0 Å². The Hall–Kier alpha value is -2.34. The predicted molar refractivity (Wildman–Crippen MR) is 104 cm³/mol. The molecule has 0 aliphatic heterocycles. The lowest BCUT2D eigenvalue weighted by Gasteiger charge is -2.11. The molecule has 6 nitrogen and oxygen atoms in total. The topological polar surface area (TPSA) is 68.2 Å². The van der Waals surface area contributed by atoms with Crippen molar-refractivity contribution < 1.29 is 9.53 Å². The number of ether oxygens (including phenoxy) is 1. The summed E-state index contributed by atoms with van der Waals surface area (Å²) in [6.45, 7) is 8.64. The number of carbonyl (C=O) groups is 1. The van der Waals surface area contributed by atoms with Gasteiger partial charge in [0.25, 0.3) is 0 Å². The van der Waals surface area contributed by atoms with Gasteiger partial charge in [-0.2, -0.15) is 5.10 Å². The molecule has 142 valence electrons. The summed E-state index contributed by atoms with van der Waals surface area (Å²) in [5.74, 6) is 0.492. The van der Waals surface area contributed by atoms with Crippen molar-refractivity contribution in [1.82, 2.24) is 15.1 Å². The number of aromatic nitrogens is 2. The zero-order valence-corrected chi connectivity index (χ0v) is 16.2. The van der Waals surface area contributed by atoms with Crippen LogP contribution in [0, 0.1) is 5.92 Å². The number of anilines is 1. The SMILES string of the molecule is CCc1c(NCC(=O)NCc2cccc(COC)c2)cnn1CC(C)C. The van der Waals surface area contributed by atoms with Crippen molar-refractivity contribution in [2.45, 2.75) is 46.9 Å². The van der Waals surface area contributed by atoms with Crippen molar-refractivity contribution in [3.8, 4) is 0 Å². The average Bonchev–Trinajstić information content (AvgIpc) is 2.99. The second-order valence-electron chi connectivity index (χ2n) is 6.82. The Morgan fingerprint density at radius 2 is 2.08 bits per heavy atom.